The molecular formula is C14H28P2. The first kappa shape index (κ1) is 16.3. The van der Waals surface area contributed by atoms with Crippen molar-refractivity contribution in [1.82, 2.24) is 0 Å². The van der Waals surface area contributed by atoms with Gasteiger partial charge in [0.25, 0.3) is 0 Å². The molecule has 0 fully saturated rings. The smallest absolute Gasteiger partial charge is 0.0171 e. The first-order valence-corrected chi connectivity index (χ1v) is 9.52. The molecule has 4 unspecified atom stereocenters. The number of rotatable bonds is 10. The molecule has 0 heterocycles. The summed E-state index contributed by atoms with van der Waals surface area (Å²) in [4.78, 5) is 0. The first-order chi connectivity index (χ1) is 7.79. The summed E-state index contributed by atoms with van der Waals surface area (Å²) in [6.45, 7) is 10.7. The Balaban J connectivity index is 3.99. The summed E-state index contributed by atoms with van der Waals surface area (Å²) in [5.74, 6) is 0. The highest BCUT2D eigenvalue weighted by molar-refractivity contribution is 7.42. The van der Waals surface area contributed by atoms with Crippen molar-refractivity contribution >= 4 is 17.2 Å². The van der Waals surface area contributed by atoms with Crippen molar-refractivity contribution in [1.29, 1.82) is 0 Å². The van der Waals surface area contributed by atoms with Crippen molar-refractivity contribution in [2.75, 3.05) is 13.3 Å². The standard InChI is InChI=1S/C14H28P2/c1-5-7-9-11-13(15-3)14(16-4)12-10-8-6-2/h5-6,8,13-16H,1,7,9-12H2,2-4H3/b8-6+. The summed E-state index contributed by atoms with van der Waals surface area (Å²) in [6, 6.07) is 0. The maximum Gasteiger partial charge on any atom is -0.0171 e. The molecular weight excluding hydrogens is 230 g/mol. The van der Waals surface area contributed by atoms with Crippen LogP contribution in [-0.4, -0.2) is 24.6 Å². The van der Waals surface area contributed by atoms with Gasteiger partial charge in [0.05, 0.1) is 0 Å². The van der Waals surface area contributed by atoms with E-state index in [9.17, 15) is 0 Å². The molecule has 0 aromatic heterocycles. The minimum absolute atomic E-state index is 0.962. The molecule has 2 heteroatoms. The maximum absolute atomic E-state index is 3.80. The third kappa shape index (κ3) is 7.59. The average Bonchev–Trinajstić information content (AvgIpc) is 2.31. The van der Waals surface area contributed by atoms with Crippen LogP contribution >= 0.6 is 17.2 Å². The second-order valence-electron chi connectivity index (χ2n) is 4.16. The van der Waals surface area contributed by atoms with E-state index < -0.39 is 0 Å². The monoisotopic (exact) mass is 258 g/mol. The third-order valence-electron chi connectivity index (χ3n) is 3.03. The fourth-order valence-electron chi connectivity index (χ4n) is 2.02. The minimum Gasteiger partial charge on any atom is -0.121 e. The highest BCUT2D eigenvalue weighted by atomic mass is 31.1. The molecule has 0 aromatic rings. The Bertz CT molecular complexity index is 187. The quantitative estimate of drug-likeness (QED) is 0.292. The Morgan fingerprint density at radius 1 is 1.06 bits per heavy atom. The lowest BCUT2D eigenvalue weighted by Gasteiger charge is -2.24. The van der Waals surface area contributed by atoms with Crippen LogP contribution in [0.25, 0.3) is 0 Å². The third-order valence-corrected chi connectivity index (χ3v) is 6.23. The van der Waals surface area contributed by atoms with Gasteiger partial charge in [-0.25, -0.2) is 0 Å². The van der Waals surface area contributed by atoms with E-state index >= 15 is 0 Å². The summed E-state index contributed by atoms with van der Waals surface area (Å²) < 4.78 is 0. The van der Waals surface area contributed by atoms with Gasteiger partial charge in [-0.2, -0.15) is 0 Å². The normalized spacial score (nSPS) is 16.7. The van der Waals surface area contributed by atoms with Crippen molar-refractivity contribution in [3.05, 3.63) is 24.8 Å². The SMILES string of the molecule is C=CCCCC(PC)C(CC/C=C/C)PC. The van der Waals surface area contributed by atoms with Crippen LogP contribution in [0, 0.1) is 0 Å². The Morgan fingerprint density at radius 3 is 2.19 bits per heavy atom. The summed E-state index contributed by atoms with van der Waals surface area (Å²) >= 11 is 0. The molecule has 0 aromatic carbocycles. The van der Waals surface area contributed by atoms with Crippen molar-refractivity contribution in [3.63, 3.8) is 0 Å². The lowest BCUT2D eigenvalue weighted by molar-refractivity contribution is 0.644. The van der Waals surface area contributed by atoms with Crippen LogP contribution in [0.15, 0.2) is 24.8 Å². The molecule has 0 bridgehead atoms. The molecule has 94 valence electrons. The molecule has 0 spiro atoms. The van der Waals surface area contributed by atoms with Crippen LogP contribution in [0.3, 0.4) is 0 Å². The zero-order valence-corrected chi connectivity index (χ0v) is 13.1. The summed E-state index contributed by atoms with van der Waals surface area (Å²) in [5.41, 5.74) is 1.93. The van der Waals surface area contributed by atoms with Gasteiger partial charge in [0.2, 0.25) is 0 Å². The van der Waals surface area contributed by atoms with Gasteiger partial charge >= 0.3 is 0 Å². The molecule has 0 rings (SSSR count). The maximum atomic E-state index is 3.80. The number of hydrogen-bond donors (Lipinski definition) is 0. The zero-order chi connectivity index (χ0) is 12.2. The molecule has 0 N–H and O–H groups in total. The highest BCUT2D eigenvalue weighted by Gasteiger charge is 2.16. The summed E-state index contributed by atoms with van der Waals surface area (Å²) in [7, 11) is 2.21. The first-order valence-electron chi connectivity index (χ1n) is 6.36. The highest BCUT2D eigenvalue weighted by Crippen LogP contribution is 2.35. The lowest BCUT2D eigenvalue weighted by Crippen LogP contribution is -2.17. The molecule has 0 amide bonds. The topological polar surface area (TPSA) is 0 Å². The molecule has 0 aliphatic carbocycles. The fourth-order valence-corrected chi connectivity index (χ4v) is 5.10. The van der Waals surface area contributed by atoms with Crippen molar-refractivity contribution in [2.45, 2.75) is 50.3 Å². The number of unbranched alkanes of at least 4 members (excludes halogenated alkanes) is 1. The van der Waals surface area contributed by atoms with Crippen LogP contribution in [0.4, 0.5) is 0 Å². The molecule has 16 heavy (non-hydrogen) atoms. The van der Waals surface area contributed by atoms with E-state index in [1.165, 1.54) is 32.1 Å². The predicted octanol–water partition coefficient (Wildman–Crippen LogP) is 5.05. The van der Waals surface area contributed by atoms with Gasteiger partial charge in [-0.3, -0.25) is 0 Å². The molecule has 4 atom stereocenters. The Hall–Kier alpha value is 0.340. The van der Waals surface area contributed by atoms with Crippen molar-refractivity contribution in [2.24, 2.45) is 0 Å². The number of hydrogen-bond acceptors (Lipinski definition) is 0. The van der Waals surface area contributed by atoms with Crippen molar-refractivity contribution in [3.8, 4) is 0 Å². The zero-order valence-electron chi connectivity index (χ0n) is 11.1. The van der Waals surface area contributed by atoms with Crippen LogP contribution in [-0.2, 0) is 0 Å². The van der Waals surface area contributed by atoms with E-state index in [-0.39, 0.29) is 0 Å². The molecule has 0 nitrogen and oxygen atoms in total. The van der Waals surface area contributed by atoms with Crippen LogP contribution in [0.2, 0.25) is 0 Å². The van der Waals surface area contributed by atoms with E-state index in [0.717, 1.165) is 28.5 Å². The van der Waals surface area contributed by atoms with Gasteiger partial charge in [-0.15, -0.1) is 23.7 Å². The van der Waals surface area contributed by atoms with Crippen LogP contribution < -0.4 is 0 Å². The van der Waals surface area contributed by atoms with Crippen molar-refractivity contribution < 1.29 is 0 Å². The van der Waals surface area contributed by atoms with Gasteiger partial charge in [0.15, 0.2) is 0 Å². The Morgan fingerprint density at radius 2 is 1.69 bits per heavy atom. The predicted molar refractivity (Wildman–Crippen MR) is 84.2 cm³/mol. The summed E-state index contributed by atoms with van der Waals surface area (Å²) in [6.07, 6.45) is 13.1. The minimum atomic E-state index is 0.962. The molecule has 0 aliphatic rings. The molecule has 0 saturated carbocycles. The van der Waals surface area contributed by atoms with Gasteiger partial charge in [-0.1, -0.05) is 18.2 Å². The fraction of sp³-hybridized carbons (Fsp3) is 0.714. The van der Waals surface area contributed by atoms with Gasteiger partial charge in [-0.05, 0) is 63.7 Å². The second kappa shape index (κ2) is 11.8. The van der Waals surface area contributed by atoms with E-state index in [0.29, 0.717) is 0 Å². The number of allylic oxidation sites excluding steroid dienone is 3. The summed E-state index contributed by atoms with van der Waals surface area (Å²) in [5, 5.41) is 0. The van der Waals surface area contributed by atoms with E-state index in [1.807, 2.05) is 0 Å². The van der Waals surface area contributed by atoms with E-state index in [2.05, 4.69) is 45.1 Å². The van der Waals surface area contributed by atoms with Crippen LogP contribution in [0.5, 0.6) is 0 Å². The molecule has 0 radical (unpaired) electrons. The molecule has 0 saturated heterocycles. The lowest BCUT2D eigenvalue weighted by atomic mass is 10.1. The Labute approximate surface area is 106 Å². The van der Waals surface area contributed by atoms with Gasteiger partial charge in [0, 0.05) is 0 Å². The second-order valence-corrected chi connectivity index (χ2v) is 6.79. The molecule has 0 aliphatic heterocycles. The van der Waals surface area contributed by atoms with E-state index in [1.54, 1.807) is 0 Å². The van der Waals surface area contributed by atoms with Gasteiger partial charge in [0.1, 0.15) is 0 Å². The average molecular weight is 258 g/mol. The van der Waals surface area contributed by atoms with Crippen LogP contribution in [0.1, 0.15) is 39.0 Å². The van der Waals surface area contributed by atoms with E-state index in [4.69, 9.17) is 0 Å². The van der Waals surface area contributed by atoms with Gasteiger partial charge < -0.3 is 0 Å². The Kier molecular flexibility index (Phi) is 12.1. The largest absolute Gasteiger partial charge is 0.121 e.